The first-order chi connectivity index (χ1) is 10.7. The van der Waals surface area contributed by atoms with E-state index in [-0.39, 0.29) is 5.56 Å². The predicted molar refractivity (Wildman–Crippen MR) is 85.7 cm³/mol. The highest BCUT2D eigenvalue weighted by Gasteiger charge is 2.15. The van der Waals surface area contributed by atoms with Crippen molar-refractivity contribution in [3.8, 4) is 6.07 Å². The first kappa shape index (κ1) is 14.7. The van der Waals surface area contributed by atoms with Crippen molar-refractivity contribution in [2.75, 3.05) is 19.6 Å². The summed E-state index contributed by atoms with van der Waals surface area (Å²) in [6.07, 6.45) is 6.21. The molecule has 3 heterocycles. The van der Waals surface area contributed by atoms with Gasteiger partial charge in [-0.15, -0.1) is 0 Å². The van der Waals surface area contributed by atoms with Gasteiger partial charge in [0.25, 0.3) is 5.56 Å². The normalized spacial score (nSPS) is 15.8. The summed E-state index contributed by atoms with van der Waals surface area (Å²) in [6.45, 7) is 3.19. The fourth-order valence-electron chi connectivity index (χ4n) is 3.23. The Bertz CT molecular complexity index is 782. The molecule has 0 atom stereocenters. The maximum atomic E-state index is 11.9. The second-order valence-corrected chi connectivity index (χ2v) is 5.88. The smallest absolute Gasteiger partial charge is 0.250 e. The van der Waals surface area contributed by atoms with Crippen molar-refractivity contribution >= 4 is 11.0 Å². The van der Waals surface area contributed by atoms with Crippen LogP contribution >= 0.6 is 0 Å². The van der Waals surface area contributed by atoms with E-state index in [9.17, 15) is 10.1 Å². The number of hydrogen-bond donors (Lipinski definition) is 0. The Hall–Kier alpha value is -2.19. The minimum absolute atomic E-state index is 0.0661. The quantitative estimate of drug-likeness (QED) is 0.867. The lowest BCUT2D eigenvalue weighted by Crippen LogP contribution is -2.31. The third kappa shape index (κ3) is 2.75. The van der Waals surface area contributed by atoms with Gasteiger partial charge in [-0.2, -0.15) is 5.26 Å². The number of aromatic nitrogens is 2. The lowest BCUT2D eigenvalue weighted by atomic mass is 10.0. The van der Waals surface area contributed by atoms with Crippen LogP contribution in [0.5, 0.6) is 0 Å². The van der Waals surface area contributed by atoms with Crippen LogP contribution in [0.25, 0.3) is 11.0 Å². The Balaban J connectivity index is 2.00. The molecular formula is C17H20N4O. The molecule has 1 aliphatic heterocycles. The molecule has 22 heavy (non-hydrogen) atoms. The molecule has 0 saturated carbocycles. The van der Waals surface area contributed by atoms with E-state index in [1.165, 1.54) is 25.3 Å². The summed E-state index contributed by atoms with van der Waals surface area (Å²) in [5.41, 5.74) is 3.02. The van der Waals surface area contributed by atoms with Crippen LogP contribution in [0.3, 0.4) is 0 Å². The highest BCUT2D eigenvalue weighted by Crippen LogP contribution is 2.20. The second kappa shape index (κ2) is 6.29. The van der Waals surface area contributed by atoms with Gasteiger partial charge in [0, 0.05) is 25.9 Å². The van der Waals surface area contributed by atoms with E-state index in [4.69, 9.17) is 0 Å². The van der Waals surface area contributed by atoms with Gasteiger partial charge >= 0.3 is 0 Å². The van der Waals surface area contributed by atoms with E-state index < -0.39 is 0 Å². The average molecular weight is 296 g/mol. The molecule has 114 valence electrons. The number of nitrogens with zero attached hydrogens (tertiary/aromatic N) is 4. The zero-order valence-corrected chi connectivity index (χ0v) is 12.9. The first-order valence-corrected chi connectivity index (χ1v) is 7.81. The van der Waals surface area contributed by atoms with E-state index in [1.54, 1.807) is 23.9 Å². The van der Waals surface area contributed by atoms with Crippen LogP contribution in [0.15, 0.2) is 23.1 Å². The number of piperidine rings is 1. The maximum Gasteiger partial charge on any atom is 0.250 e. The number of rotatable bonds is 3. The van der Waals surface area contributed by atoms with Gasteiger partial charge in [-0.1, -0.05) is 6.42 Å². The van der Waals surface area contributed by atoms with Gasteiger partial charge in [0.15, 0.2) is 0 Å². The van der Waals surface area contributed by atoms with Crippen LogP contribution in [-0.2, 0) is 13.5 Å². The lowest BCUT2D eigenvalue weighted by molar-refractivity contribution is 0.231. The summed E-state index contributed by atoms with van der Waals surface area (Å²) in [6, 6.07) is 5.49. The van der Waals surface area contributed by atoms with Crippen LogP contribution in [-0.4, -0.2) is 34.1 Å². The molecule has 0 unspecified atom stereocenters. The third-order valence-corrected chi connectivity index (χ3v) is 4.48. The topological polar surface area (TPSA) is 61.9 Å². The van der Waals surface area contributed by atoms with Gasteiger partial charge in [0.2, 0.25) is 0 Å². The Morgan fingerprint density at radius 3 is 2.77 bits per heavy atom. The molecule has 2 aromatic rings. The first-order valence-electron chi connectivity index (χ1n) is 7.81. The standard InChI is InChI=1S/C17H20N4O/c1-20-16(22)6-5-15-17(20)14(13(11-18)12-19-15)7-10-21-8-3-2-4-9-21/h5-6,12H,2-4,7-10H2,1H3. The van der Waals surface area contributed by atoms with E-state index in [0.29, 0.717) is 5.56 Å². The zero-order valence-electron chi connectivity index (χ0n) is 12.9. The van der Waals surface area contributed by atoms with Crippen LogP contribution in [0.4, 0.5) is 0 Å². The van der Waals surface area contributed by atoms with Crippen molar-refractivity contribution < 1.29 is 0 Å². The average Bonchev–Trinajstić information content (AvgIpc) is 2.56. The summed E-state index contributed by atoms with van der Waals surface area (Å²) in [7, 11) is 1.75. The summed E-state index contributed by atoms with van der Waals surface area (Å²) >= 11 is 0. The fourth-order valence-corrected chi connectivity index (χ4v) is 3.23. The number of pyridine rings is 2. The lowest BCUT2D eigenvalue weighted by Gasteiger charge is -2.26. The van der Waals surface area contributed by atoms with Gasteiger partial charge in [0.1, 0.15) is 6.07 Å². The molecule has 0 amide bonds. The Morgan fingerprint density at radius 2 is 2.05 bits per heavy atom. The van der Waals surface area contributed by atoms with Gasteiger partial charge in [0.05, 0.1) is 16.6 Å². The predicted octanol–water partition coefficient (Wildman–Crippen LogP) is 1.83. The van der Waals surface area contributed by atoms with E-state index >= 15 is 0 Å². The number of likely N-dealkylation sites (tertiary alicyclic amines) is 1. The van der Waals surface area contributed by atoms with Gasteiger partial charge in [-0.25, -0.2) is 0 Å². The summed E-state index contributed by atoms with van der Waals surface area (Å²) in [5.74, 6) is 0. The van der Waals surface area contributed by atoms with Crippen molar-refractivity contribution in [2.24, 2.45) is 7.05 Å². The fraction of sp³-hybridized carbons (Fsp3) is 0.471. The zero-order chi connectivity index (χ0) is 15.5. The number of aryl methyl sites for hydroxylation is 1. The van der Waals surface area contributed by atoms with E-state index in [0.717, 1.165) is 42.7 Å². The summed E-state index contributed by atoms with van der Waals surface area (Å²) in [4.78, 5) is 18.7. The molecule has 0 aliphatic carbocycles. The number of hydrogen-bond acceptors (Lipinski definition) is 4. The number of fused-ring (bicyclic) bond motifs is 1. The van der Waals surface area contributed by atoms with Crippen LogP contribution in [0.2, 0.25) is 0 Å². The Morgan fingerprint density at radius 1 is 1.27 bits per heavy atom. The molecule has 0 aromatic carbocycles. The number of nitriles is 1. The second-order valence-electron chi connectivity index (χ2n) is 5.88. The molecule has 1 aliphatic rings. The van der Waals surface area contributed by atoms with Gasteiger partial charge < -0.3 is 9.47 Å². The highest BCUT2D eigenvalue weighted by molar-refractivity contribution is 5.80. The molecule has 3 rings (SSSR count). The van der Waals surface area contributed by atoms with Gasteiger partial charge in [-0.3, -0.25) is 9.78 Å². The van der Waals surface area contributed by atoms with Crippen molar-refractivity contribution in [1.82, 2.24) is 14.5 Å². The van der Waals surface area contributed by atoms with Crippen molar-refractivity contribution in [3.05, 3.63) is 39.8 Å². The molecule has 0 bridgehead atoms. The molecule has 5 heteroatoms. The molecule has 2 aromatic heterocycles. The van der Waals surface area contributed by atoms with Crippen LogP contribution in [0, 0.1) is 11.3 Å². The molecule has 1 fully saturated rings. The van der Waals surface area contributed by atoms with Crippen molar-refractivity contribution in [2.45, 2.75) is 25.7 Å². The maximum absolute atomic E-state index is 11.9. The van der Waals surface area contributed by atoms with Crippen molar-refractivity contribution in [1.29, 1.82) is 5.26 Å². The molecule has 5 nitrogen and oxygen atoms in total. The third-order valence-electron chi connectivity index (χ3n) is 4.48. The molecule has 1 saturated heterocycles. The molecular weight excluding hydrogens is 276 g/mol. The molecule has 0 N–H and O–H groups in total. The van der Waals surface area contributed by atoms with Gasteiger partial charge in [-0.05, 0) is 44.0 Å². The minimum Gasteiger partial charge on any atom is -0.310 e. The Kier molecular flexibility index (Phi) is 4.21. The van der Waals surface area contributed by atoms with E-state index in [1.807, 2.05) is 0 Å². The summed E-state index contributed by atoms with van der Waals surface area (Å²) in [5, 5.41) is 9.38. The summed E-state index contributed by atoms with van der Waals surface area (Å²) < 4.78 is 1.61. The monoisotopic (exact) mass is 296 g/mol. The van der Waals surface area contributed by atoms with Crippen LogP contribution < -0.4 is 5.56 Å². The molecule has 0 spiro atoms. The van der Waals surface area contributed by atoms with Crippen molar-refractivity contribution in [3.63, 3.8) is 0 Å². The molecule has 0 radical (unpaired) electrons. The van der Waals surface area contributed by atoms with Crippen LogP contribution in [0.1, 0.15) is 30.4 Å². The van der Waals surface area contributed by atoms with E-state index in [2.05, 4.69) is 16.0 Å². The minimum atomic E-state index is -0.0661. The SMILES string of the molecule is Cn1c(=O)ccc2ncc(C#N)c(CCN3CCCCC3)c21. The highest BCUT2D eigenvalue weighted by atomic mass is 16.1. The Labute approximate surface area is 129 Å². The largest absolute Gasteiger partial charge is 0.310 e.